The average molecular weight is 269 g/mol. The predicted molar refractivity (Wildman–Crippen MR) is 71.6 cm³/mol. The smallest absolute Gasteiger partial charge is 0.150 e. The van der Waals surface area contributed by atoms with Gasteiger partial charge in [0.2, 0.25) is 0 Å². The van der Waals surface area contributed by atoms with Crippen LogP contribution in [0.5, 0.6) is 5.75 Å². The molecule has 1 heterocycles. The molecule has 0 aliphatic carbocycles. The van der Waals surface area contributed by atoms with Crippen LogP contribution in [0, 0.1) is 0 Å². The molecule has 4 nitrogen and oxygen atoms in total. The van der Waals surface area contributed by atoms with E-state index < -0.39 is 9.84 Å². The lowest BCUT2D eigenvalue weighted by atomic mass is 9.99. The lowest BCUT2D eigenvalue weighted by Crippen LogP contribution is -2.07. The van der Waals surface area contributed by atoms with Gasteiger partial charge in [0.05, 0.1) is 18.1 Å². The molecule has 1 unspecified atom stereocenters. The molecule has 0 spiro atoms. The summed E-state index contributed by atoms with van der Waals surface area (Å²) in [7, 11) is -2.83. The third kappa shape index (κ3) is 3.46. The zero-order valence-electron chi connectivity index (χ0n) is 10.3. The first-order valence-electron chi connectivity index (χ1n) is 6.24. The molecule has 0 saturated carbocycles. The van der Waals surface area contributed by atoms with E-state index in [0.29, 0.717) is 25.3 Å². The lowest BCUT2D eigenvalue weighted by molar-refractivity contribution is 0.313. The molecule has 1 atom stereocenters. The Kier molecular flexibility index (Phi) is 4.24. The van der Waals surface area contributed by atoms with E-state index in [0.717, 1.165) is 17.7 Å². The number of hydrogen-bond acceptors (Lipinski definition) is 4. The second-order valence-electron chi connectivity index (χ2n) is 4.66. The van der Waals surface area contributed by atoms with Crippen molar-refractivity contribution in [3.63, 3.8) is 0 Å². The zero-order chi connectivity index (χ0) is 13.0. The van der Waals surface area contributed by atoms with Crippen LogP contribution in [-0.4, -0.2) is 33.1 Å². The Labute approximate surface area is 108 Å². The van der Waals surface area contributed by atoms with Crippen molar-refractivity contribution >= 4 is 9.84 Å². The first-order valence-corrected chi connectivity index (χ1v) is 8.06. The molecule has 0 radical (unpaired) electrons. The van der Waals surface area contributed by atoms with Gasteiger partial charge in [-0.05, 0) is 43.0 Å². The monoisotopic (exact) mass is 269 g/mol. The molecule has 1 aromatic carbocycles. The van der Waals surface area contributed by atoms with Crippen molar-refractivity contribution in [2.45, 2.75) is 18.8 Å². The van der Waals surface area contributed by atoms with E-state index >= 15 is 0 Å². The molecule has 0 amide bonds. The van der Waals surface area contributed by atoms with Crippen LogP contribution in [-0.2, 0) is 9.84 Å². The van der Waals surface area contributed by atoms with Crippen molar-refractivity contribution in [2.24, 2.45) is 5.73 Å². The summed E-state index contributed by atoms with van der Waals surface area (Å²) in [5.41, 5.74) is 6.46. The second kappa shape index (κ2) is 5.71. The molecule has 0 bridgehead atoms. The van der Waals surface area contributed by atoms with Crippen molar-refractivity contribution in [1.29, 1.82) is 0 Å². The molecule has 1 saturated heterocycles. The van der Waals surface area contributed by atoms with E-state index in [-0.39, 0.29) is 11.7 Å². The van der Waals surface area contributed by atoms with Gasteiger partial charge in [0, 0.05) is 0 Å². The van der Waals surface area contributed by atoms with Crippen LogP contribution in [0.1, 0.15) is 24.3 Å². The van der Waals surface area contributed by atoms with E-state index in [4.69, 9.17) is 10.5 Å². The van der Waals surface area contributed by atoms with Gasteiger partial charge in [0.1, 0.15) is 5.75 Å². The molecule has 5 heteroatoms. The minimum absolute atomic E-state index is 0.119. The van der Waals surface area contributed by atoms with Gasteiger partial charge in [-0.3, -0.25) is 0 Å². The summed E-state index contributed by atoms with van der Waals surface area (Å²) >= 11 is 0. The van der Waals surface area contributed by atoms with E-state index in [2.05, 4.69) is 0 Å². The maximum absolute atomic E-state index is 11.5. The molecule has 100 valence electrons. The van der Waals surface area contributed by atoms with Gasteiger partial charge in [-0.1, -0.05) is 12.1 Å². The normalized spacial score (nSPS) is 21.9. The van der Waals surface area contributed by atoms with Crippen molar-refractivity contribution in [3.05, 3.63) is 29.8 Å². The predicted octanol–water partition coefficient (Wildman–Crippen LogP) is 1.32. The molecule has 0 aromatic heterocycles. The van der Waals surface area contributed by atoms with Crippen LogP contribution in [0.25, 0.3) is 0 Å². The van der Waals surface area contributed by atoms with Crippen molar-refractivity contribution < 1.29 is 13.2 Å². The number of ether oxygens (including phenoxy) is 1. The van der Waals surface area contributed by atoms with Crippen molar-refractivity contribution in [2.75, 3.05) is 24.7 Å². The molecule has 2 rings (SSSR count). The average Bonchev–Trinajstić information content (AvgIpc) is 2.71. The Morgan fingerprint density at radius 3 is 2.89 bits per heavy atom. The summed E-state index contributed by atoms with van der Waals surface area (Å²) in [6, 6.07) is 7.73. The third-order valence-corrected chi connectivity index (χ3v) is 4.95. The van der Waals surface area contributed by atoms with Gasteiger partial charge in [-0.2, -0.15) is 0 Å². The fourth-order valence-electron chi connectivity index (χ4n) is 2.19. The Balaban J connectivity index is 2.03. The maximum Gasteiger partial charge on any atom is 0.150 e. The van der Waals surface area contributed by atoms with Gasteiger partial charge in [0.25, 0.3) is 0 Å². The quantitative estimate of drug-likeness (QED) is 0.818. The highest BCUT2D eigenvalue weighted by Crippen LogP contribution is 2.30. The lowest BCUT2D eigenvalue weighted by Gasteiger charge is -2.11. The third-order valence-electron chi connectivity index (χ3n) is 3.18. The van der Waals surface area contributed by atoms with Gasteiger partial charge in [-0.25, -0.2) is 8.42 Å². The second-order valence-corrected chi connectivity index (χ2v) is 6.89. The Morgan fingerprint density at radius 2 is 2.22 bits per heavy atom. The fourth-order valence-corrected chi connectivity index (χ4v) is 3.97. The van der Waals surface area contributed by atoms with E-state index in [9.17, 15) is 8.42 Å². The SMILES string of the molecule is NCCCOc1cccc(C2CCS(=O)(=O)C2)c1. The number of hydrogen-bond donors (Lipinski definition) is 1. The van der Waals surface area contributed by atoms with Crippen LogP contribution in [0.2, 0.25) is 0 Å². The number of nitrogens with two attached hydrogens (primary N) is 1. The first kappa shape index (κ1) is 13.4. The molecule has 1 aliphatic heterocycles. The fraction of sp³-hybridized carbons (Fsp3) is 0.538. The Morgan fingerprint density at radius 1 is 1.39 bits per heavy atom. The number of sulfone groups is 1. The summed E-state index contributed by atoms with van der Waals surface area (Å²) in [6.45, 7) is 1.21. The van der Waals surface area contributed by atoms with Crippen LogP contribution in [0.15, 0.2) is 24.3 Å². The largest absolute Gasteiger partial charge is 0.494 e. The van der Waals surface area contributed by atoms with Crippen LogP contribution < -0.4 is 10.5 Å². The number of benzene rings is 1. The standard InChI is InChI=1S/C13H19NO3S/c14-6-2-7-17-13-4-1-3-11(9-13)12-5-8-18(15,16)10-12/h1,3-4,9,12H,2,5-8,10,14H2. The maximum atomic E-state index is 11.5. The zero-order valence-corrected chi connectivity index (χ0v) is 11.2. The topological polar surface area (TPSA) is 69.4 Å². The Bertz CT molecular complexity index is 499. The molecular formula is C13H19NO3S. The van der Waals surface area contributed by atoms with Crippen molar-refractivity contribution in [1.82, 2.24) is 0 Å². The van der Waals surface area contributed by atoms with Gasteiger partial charge in [0.15, 0.2) is 9.84 Å². The molecule has 2 N–H and O–H groups in total. The number of rotatable bonds is 5. The molecule has 1 aromatic rings. The highest BCUT2D eigenvalue weighted by Gasteiger charge is 2.28. The molecule has 18 heavy (non-hydrogen) atoms. The first-order chi connectivity index (χ1) is 8.61. The molecule has 1 aliphatic rings. The minimum atomic E-state index is -2.83. The summed E-state index contributed by atoms with van der Waals surface area (Å²) in [4.78, 5) is 0. The van der Waals surface area contributed by atoms with Crippen LogP contribution in [0.3, 0.4) is 0 Å². The van der Waals surface area contributed by atoms with E-state index in [1.165, 1.54) is 0 Å². The van der Waals surface area contributed by atoms with Gasteiger partial charge >= 0.3 is 0 Å². The molecular weight excluding hydrogens is 250 g/mol. The van der Waals surface area contributed by atoms with Gasteiger partial charge in [-0.15, -0.1) is 0 Å². The van der Waals surface area contributed by atoms with Crippen LogP contribution >= 0.6 is 0 Å². The summed E-state index contributed by atoms with van der Waals surface area (Å²) in [5, 5.41) is 0. The van der Waals surface area contributed by atoms with Crippen LogP contribution in [0.4, 0.5) is 0 Å². The van der Waals surface area contributed by atoms with E-state index in [1.807, 2.05) is 24.3 Å². The van der Waals surface area contributed by atoms with Crippen molar-refractivity contribution in [3.8, 4) is 5.75 Å². The Hall–Kier alpha value is -1.07. The highest BCUT2D eigenvalue weighted by atomic mass is 32.2. The van der Waals surface area contributed by atoms with E-state index in [1.54, 1.807) is 0 Å². The summed E-state index contributed by atoms with van der Waals surface area (Å²) in [5.74, 6) is 1.48. The summed E-state index contributed by atoms with van der Waals surface area (Å²) < 4.78 is 28.5. The highest BCUT2D eigenvalue weighted by molar-refractivity contribution is 7.91. The summed E-state index contributed by atoms with van der Waals surface area (Å²) in [6.07, 6.45) is 1.54. The van der Waals surface area contributed by atoms with Gasteiger partial charge < -0.3 is 10.5 Å². The minimum Gasteiger partial charge on any atom is -0.494 e. The molecule has 1 fully saturated rings.